The van der Waals surface area contributed by atoms with Crippen LogP contribution in [0.4, 0.5) is 22.0 Å². The number of ketones is 1. The van der Waals surface area contributed by atoms with E-state index in [0.29, 0.717) is 10.1 Å². The summed E-state index contributed by atoms with van der Waals surface area (Å²) in [6, 6.07) is 11.6. The maximum atomic E-state index is 14.1. The van der Waals surface area contributed by atoms with E-state index in [4.69, 9.17) is 0 Å². The molecular formula is C20H15F5N2O3. The summed E-state index contributed by atoms with van der Waals surface area (Å²) in [4.78, 5) is 27.9. The van der Waals surface area contributed by atoms with Crippen LogP contribution in [0, 0.1) is 0 Å². The van der Waals surface area contributed by atoms with Gasteiger partial charge < -0.3 is 9.30 Å². The molecule has 3 aromatic rings. The molecule has 1 aromatic heterocycles. The second-order valence-corrected chi connectivity index (χ2v) is 6.30. The van der Waals surface area contributed by atoms with E-state index in [0.717, 1.165) is 12.1 Å². The fraction of sp³-hybridized carbons (Fsp3) is 0.250. The van der Waals surface area contributed by atoms with Crippen molar-refractivity contribution in [3.05, 3.63) is 65.5 Å². The predicted octanol–water partition coefficient (Wildman–Crippen LogP) is 4.48. The van der Waals surface area contributed by atoms with Crippen LogP contribution in [0.15, 0.2) is 48.5 Å². The quantitative estimate of drug-likeness (QED) is 0.331. The van der Waals surface area contributed by atoms with Gasteiger partial charge in [-0.2, -0.15) is 22.0 Å². The van der Waals surface area contributed by atoms with Gasteiger partial charge in [-0.3, -0.25) is 9.59 Å². The second kappa shape index (κ2) is 7.85. The Morgan fingerprint density at radius 2 is 1.67 bits per heavy atom. The molecule has 0 N–H and O–H groups in total. The molecule has 0 saturated heterocycles. The monoisotopic (exact) mass is 426 g/mol. The first-order valence-corrected chi connectivity index (χ1v) is 8.77. The summed E-state index contributed by atoms with van der Waals surface area (Å²) in [6.07, 6.45) is -5.93. The molecule has 0 fully saturated rings. The van der Waals surface area contributed by atoms with Gasteiger partial charge in [0, 0.05) is 11.1 Å². The lowest BCUT2D eigenvalue weighted by Gasteiger charge is -2.20. The Labute approximate surface area is 167 Å². The minimum Gasteiger partial charge on any atom is -0.465 e. The third-order valence-electron chi connectivity index (χ3n) is 4.28. The zero-order valence-corrected chi connectivity index (χ0v) is 15.5. The third-order valence-corrected chi connectivity index (χ3v) is 4.28. The zero-order valence-electron chi connectivity index (χ0n) is 15.5. The number of fused-ring (bicyclic) bond motifs is 1. The van der Waals surface area contributed by atoms with E-state index in [1.807, 2.05) is 0 Å². The molecule has 0 radical (unpaired) electrons. The van der Waals surface area contributed by atoms with Gasteiger partial charge in [0.25, 0.3) is 0 Å². The van der Waals surface area contributed by atoms with Crippen molar-refractivity contribution in [3.63, 3.8) is 0 Å². The molecule has 2 aromatic carbocycles. The number of alkyl halides is 5. The highest BCUT2D eigenvalue weighted by molar-refractivity contribution is 6.10. The van der Waals surface area contributed by atoms with Crippen molar-refractivity contribution in [2.75, 3.05) is 6.61 Å². The average molecular weight is 426 g/mol. The second-order valence-electron chi connectivity index (χ2n) is 6.30. The topological polar surface area (TPSA) is 61.2 Å². The number of hydrogen-bond acceptors (Lipinski definition) is 4. The first-order valence-electron chi connectivity index (χ1n) is 8.77. The van der Waals surface area contributed by atoms with Crippen LogP contribution in [0.25, 0.3) is 11.0 Å². The molecule has 0 bridgehead atoms. The van der Waals surface area contributed by atoms with Crippen molar-refractivity contribution in [3.8, 4) is 0 Å². The minimum atomic E-state index is -5.93. The van der Waals surface area contributed by atoms with E-state index in [-0.39, 0.29) is 23.2 Å². The van der Waals surface area contributed by atoms with E-state index in [1.54, 1.807) is 18.2 Å². The van der Waals surface area contributed by atoms with Crippen molar-refractivity contribution < 1.29 is 36.3 Å². The van der Waals surface area contributed by atoms with E-state index < -0.39 is 36.2 Å². The number of halogens is 5. The maximum Gasteiger partial charge on any atom is 0.461 e. The van der Waals surface area contributed by atoms with Gasteiger partial charge in [0.05, 0.1) is 17.6 Å². The molecule has 1 heterocycles. The highest BCUT2D eigenvalue weighted by atomic mass is 19.4. The van der Waals surface area contributed by atoms with Crippen molar-refractivity contribution in [1.82, 2.24) is 9.55 Å². The van der Waals surface area contributed by atoms with Crippen LogP contribution in [0.5, 0.6) is 0 Å². The van der Waals surface area contributed by atoms with Crippen LogP contribution < -0.4 is 0 Å². The Hall–Kier alpha value is -3.30. The summed E-state index contributed by atoms with van der Waals surface area (Å²) in [5.74, 6) is -8.45. The molecule has 3 rings (SSSR count). The SMILES string of the molecule is CCOC(=O)Cn1c(C(F)(F)C(F)(F)F)nc2ccc(C(=O)c3ccccc3)cc21. The van der Waals surface area contributed by atoms with E-state index in [9.17, 15) is 31.5 Å². The molecule has 10 heteroatoms. The van der Waals surface area contributed by atoms with Crippen molar-refractivity contribution in [1.29, 1.82) is 0 Å². The number of ether oxygens (including phenoxy) is 1. The summed E-state index contributed by atoms with van der Waals surface area (Å²) < 4.78 is 72.2. The standard InChI is InChI=1S/C20H15F5N2O3/c1-2-30-16(28)11-27-15-10-13(17(29)12-6-4-3-5-7-12)8-9-14(15)26-18(27)19(21,22)20(23,24)25/h3-10H,2,11H2,1H3. The van der Waals surface area contributed by atoms with Crippen molar-refractivity contribution >= 4 is 22.8 Å². The fourth-order valence-corrected chi connectivity index (χ4v) is 2.88. The third kappa shape index (κ3) is 3.89. The number of imidazole rings is 1. The van der Waals surface area contributed by atoms with Crippen LogP contribution in [0.1, 0.15) is 28.7 Å². The van der Waals surface area contributed by atoms with E-state index in [1.165, 1.54) is 25.1 Å². The Bertz CT molecular complexity index is 1090. The summed E-state index contributed by atoms with van der Waals surface area (Å²) in [5, 5.41) is 0. The van der Waals surface area contributed by atoms with Gasteiger partial charge in [-0.25, -0.2) is 4.98 Å². The molecule has 0 amide bonds. The van der Waals surface area contributed by atoms with Crippen LogP contribution in [0.3, 0.4) is 0 Å². The largest absolute Gasteiger partial charge is 0.465 e. The molecule has 0 aliphatic rings. The van der Waals surface area contributed by atoms with Gasteiger partial charge in [-0.05, 0) is 25.1 Å². The number of aromatic nitrogens is 2. The van der Waals surface area contributed by atoms with Crippen LogP contribution >= 0.6 is 0 Å². The van der Waals surface area contributed by atoms with Gasteiger partial charge in [0.15, 0.2) is 11.6 Å². The summed E-state index contributed by atoms with van der Waals surface area (Å²) in [7, 11) is 0. The zero-order chi connectivity index (χ0) is 22.1. The average Bonchev–Trinajstić information content (AvgIpc) is 3.05. The van der Waals surface area contributed by atoms with Gasteiger partial charge in [-0.15, -0.1) is 0 Å². The number of nitrogens with zero attached hydrogens (tertiary/aromatic N) is 2. The highest BCUT2D eigenvalue weighted by Gasteiger charge is 2.62. The Morgan fingerprint density at radius 1 is 1.00 bits per heavy atom. The molecule has 158 valence electrons. The minimum absolute atomic E-state index is 0.0422. The first kappa shape index (κ1) is 21.4. The van der Waals surface area contributed by atoms with Crippen LogP contribution in [0.2, 0.25) is 0 Å². The smallest absolute Gasteiger partial charge is 0.461 e. The Balaban J connectivity index is 2.18. The van der Waals surface area contributed by atoms with Crippen molar-refractivity contribution in [2.24, 2.45) is 0 Å². The maximum absolute atomic E-state index is 14.1. The molecule has 0 spiro atoms. The number of hydrogen-bond donors (Lipinski definition) is 0. The number of carbonyl (C=O) groups excluding carboxylic acids is 2. The van der Waals surface area contributed by atoms with Gasteiger partial charge in [0.2, 0.25) is 0 Å². The van der Waals surface area contributed by atoms with E-state index in [2.05, 4.69) is 9.72 Å². The first-order chi connectivity index (χ1) is 14.1. The lowest BCUT2D eigenvalue weighted by atomic mass is 10.0. The molecule has 5 nitrogen and oxygen atoms in total. The normalized spacial score (nSPS) is 12.2. The Kier molecular flexibility index (Phi) is 5.60. The predicted molar refractivity (Wildman–Crippen MR) is 96.2 cm³/mol. The summed E-state index contributed by atoms with van der Waals surface area (Å²) in [6.45, 7) is 0.453. The van der Waals surface area contributed by atoms with Crippen molar-refractivity contribution in [2.45, 2.75) is 25.6 Å². The molecular weight excluding hydrogens is 411 g/mol. The molecule has 0 aliphatic heterocycles. The van der Waals surface area contributed by atoms with Gasteiger partial charge in [0.1, 0.15) is 6.54 Å². The lowest BCUT2D eigenvalue weighted by molar-refractivity contribution is -0.293. The summed E-state index contributed by atoms with van der Waals surface area (Å²) >= 11 is 0. The van der Waals surface area contributed by atoms with Crippen LogP contribution in [-0.4, -0.2) is 34.1 Å². The van der Waals surface area contributed by atoms with Crippen LogP contribution in [-0.2, 0) is 22.0 Å². The number of benzene rings is 2. The number of esters is 1. The molecule has 0 aliphatic carbocycles. The molecule has 0 saturated carbocycles. The molecule has 30 heavy (non-hydrogen) atoms. The van der Waals surface area contributed by atoms with Gasteiger partial charge in [-0.1, -0.05) is 30.3 Å². The van der Waals surface area contributed by atoms with E-state index >= 15 is 0 Å². The fourth-order valence-electron chi connectivity index (χ4n) is 2.88. The van der Waals surface area contributed by atoms with Gasteiger partial charge >= 0.3 is 18.1 Å². The number of rotatable bonds is 6. The number of carbonyl (C=O) groups is 2. The highest BCUT2D eigenvalue weighted by Crippen LogP contribution is 2.44. The Morgan fingerprint density at radius 3 is 2.27 bits per heavy atom. The molecule has 0 unspecified atom stereocenters. The lowest BCUT2D eigenvalue weighted by Crippen LogP contribution is -2.37. The summed E-state index contributed by atoms with van der Waals surface area (Å²) in [5.41, 5.74) is -0.0960. The molecule has 0 atom stereocenters.